The van der Waals surface area contributed by atoms with E-state index in [4.69, 9.17) is 5.11 Å². The van der Waals surface area contributed by atoms with Gasteiger partial charge >= 0.3 is 5.97 Å². The van der Waals surface area contributed by atoms with Crippen LogP contribution in [0.3, 0.4) is 0 Å². The molecule has 0 aliphatic heterocycles. The van der Waals surface area contributed by atoms with Gasteiger partial charge < -0.3 is 10.4 Å². The van der Waals surface area contributed by atoms with E-state index >= 15 is 0 Å². The molecule has 1 rings (SSSR count). The van der Waals surface area contributed by atoms with E-state index in [0.717, 1.165) is 0 Å². The third-order valence-electron chi connectivity index (χ3n) is 3.26. The summed E-state index contributed by atoms with van der Waals surface area (Å²) < 4.78 is 0. The molecule has 0 bridgehead atoms. The molecule has 100 valence electrons. The van der Waals surface area contributed by atoms with Gasteiger partial charge in [0, 0.05) is 6.54 Å². The van der Waals surface area contributed by atoms with Crippen molar-refractivity contribution in [3.63, 3.8) is 0 Å². The number of hydrogen-bond acceptors (Lipinski definition) is 2. The van der Waals surface area contributed by atoms with E-state index in [-0.39, 0.29) is 0 Å². The highest BCUT2D eigenvalue weighted by molar-refractivity contribution is 5.73. The lowest BCUT2D eigenvalue weighted by atomic mass is 10.0. The predicted molar refractivity (Wildman–Crippen MR) is 73.6 cm³/mol. The van der Waals surface area contributed by atoms with E-state index in [1.54, 1.807) is 0 Å². The summed E-state index contributed by atoms with van der Waals surface area (Å²) in [5, 5.41) is 12.3. The van der Waals surface area contributed by atoms with Crippen molar-refractivity contribution in [1.29, 1.82) is 0 Å². The number of hydrogen-bond donors (Lipinski definition) is 2. The van der Waals surface area contributed by atoms with Crippen molar-refractivity contribution in [2.24, 2.45) is 5.92 Å². The second-order valence-electron chi connectivity index (χ2n) is 5.26. The Balaban J connectivity index is 2.67. The van der Waals surface area contributed by atoms with Gasteiger partial charge in [0.1, 0.15) is 6.04 Å². The quantitative estimate of drug-likeness (QED) is 0.815. The molecule has 0 amide bonds. The van der Waals surface area contributed by atoms with Gasteiger partial charge in [0.05, 0.1) is 0 Å². The second-order valence-corrected chi connectivity index (χ2v) is 5.26. The van der Waals surface area contributed by atoms with E-state index in [1.165, 1.54) is 16.7 Å². The number of aryl methyl sites for hydroxylation is 1. The van der Waals surface area contributed by atoms with Gasteiger partial charge in [0.25, 0.3) is 0 Å². The maximum absolute atomic E-state index is 11.1. The molecule has 0 heterocycles. The van der Waals surface area contributed by atoms with Crippen LogP contribution in [0.15, 0.2) is 18.2 Å². The second kappa shape index (κ2) is 6.55. The highest BCUT2D eigenvalue weighted by Gasteiger charge is 2.18. The van der Waals surface area contributed by atoms with Crippen molar-refractivity contribution in [3.8, 4) is 0 Å². The molecule has 0 spiro atoms. The van der Waals surface area contributed by atoms with Crippen LogP contribution in [-0.4, -0.2) is 17.1 Å². The Morgan fingerprint density at radius 1 is 1.33 bits per heavy atom. The minimum atomic E-state index is -0.769. The number of carbonyl (C=O) groups is 1. The lowest BCUT2D eigenvalue weighted by Gasteiger charge is -2.17. The van der Waals surface area contributed by atoms with Crippen LogP contribution in [0.5, 0.6) is 0 Å². The molecule has 1 atom stereocenters. The molecule has 1 aromatic rings. The molecule has 3 heteroatoms. The smallest absolute Gasteiger partial charge is 0.320 e. The molecule has 0 aliphatic carbocycles. The van der Waals surface area contributed by atoms with Gasteiger partial charge in [-0.3, -0.25) is 4.79 Å². The normalized spacial score (nSPS) is 12.7. The molecule has 1 aromatic carbocycles. The fourth-order valence-electron chi connectivity index (χ4n) is 1.98. The third kappa shape index (κ3) is 4.15. The molecule has 0 saturated heterocycles. The number of carboxylic acid groups (broad SMARTS) is 1. The first-order chi connectivity index (χ1) is 8.41. The number of benzene rings is 1. The molecular weight excluding hydrogens is 226 g/mol. The first-order valence-corrected chi connectivity index (χ1v) is 6.43. The van der Waals surface area contributed by atoms with Crippen molar-refractivity contribution in [2.75, 3.05) is 0 Å². The Morgan fingerprint density at radius 2 is 2.00 bits per heavy atom. The van der Waals surface area contributed by atoms with Gasteiger partial charge in [-0.05, 0) is 42.9 Å². The fourth-order valence-corrected chi connectivity index (χ4v) is 1.98. The molecular formula is C15H23NO2. The topological polar surface area (TPSA) is 49.3 Å². The Morgan fingerprint density at radius 3 is 2.56 bits per heavy atom. The molecule has 0 radical (unpaired) electrons. The molecule has 0 saturated carbocycles. The maximum Gasteiger partial charge on any atom is 0.320 e. The lowest BCUT2D eigenvalue weighted by molar-refractivity contribution is -0.140. The van der Waals surface area contributed by atoms with Crippen LogP contribution in [0.25, 0.3) is 0 Å². The van der Waals surface area contributed by atoms with Gasteiger partial charge in [-0.2, -0.15) is 0 Å². The predicted octanol–water partition coefficient (Wildman–Crippen LogP) is 2.89. The van der Waals surface area contributed by atoms with E-state index < -0.39 is 12.0 Å². The van der Waals surface area contributed by atoms with Crippen LogP contribution in [0.1, 0.15) is 37.0 Å². The number of rotatable bonds is 6. The maximum atomic E-state index is 11.1. The lowest BCUT2D eigenvalue weighted by Crippen LogP contribution is -2.37. The highest BCUT2D eigenvalue weighted by atomic mass is 16.4. The van der Waals surface area contributed by atoms with E-state index in [9.17, 15) is 4.79 Å². The van der Waals surface area contributed by atoms with E-state index in [0.29, 0.717) is 18.9 Å². The first-order valence-electron chi connectivity index (χ1n) is 6.43. The average molecular weight is 249 g/mol. The first kappa shape index (κ1) is 14.7. The van der Waals surface area contributed by atoms with Crippen LogP contribution >= 0.6 is 0 Å². The zero-order valence-corrected chi connectivity index (χ0v) is 11.7. The van der Waals surface area contributed by atoms with E-state index in [1.807, 2.05) is 26.0 Å². The number of aliphatic carboxylic acids is 1. The van der Waals surface area contributed by atoms with Gasteiger partial charge in [0.15, 0.2) is 0 Å². The monoisotopic (exact) mass is 249 g/mol. The van der Waals surface area contributed by atoms with Crippen molar-refractivity contribution in [1.82, 2.24) is 5.32 Å². The zero-order chi connectivity index (χ0) is 13.7. The van der Waals surface area contributed by atoms with Crippen LogP contribution in [0.2, 0.25) is 0 Å². The summed E-state index contributed by atoms with van der Waals surface area (Å²) in [5.41, 5.74) is 3.65. The zero-order valence-electron chi connectivity index (χ0n) is 11.7. The summed E-state index contributed by atoms with van der Waals surface area (Å²) in [7, 11) is 0. The molecule has 0 aromatic heterocycles. The molecule has 3 nitrogen and oxygen atoms in total. The van der Waals surface area contributed by atoms with Crippen LogP contribution < -0.4 is 5.32 Å². The Kier molecular flexibility index (Phi) is 5.35. The van der Waals surface area contributed by atoms with Gasteiger partial charge in [0.2, 0.25) is 0 Å². The Labute approximate surface area is 109 Å². The summed E-state index contributed by atoms with van der Waals surface area (Å²) in [4.78, 5) is 11.1. The standard InChI is InChI=1S/C15H23NO2/c1-10(2)8-14(15(17)18)16-9-13-7-5-6-11(3)12(13)4/h5-7,10,14,16H,8-9H2,1-4H3,(H,17,18)/t14-/m1/s1. The van der Waals surface area contributed by atoms with E-state index in [2.05, 4.69) is 25.2 Å². The number of nitrogens with one attached hydrogen (secondary N) is 1. The minimum Gasteiger partial charge on any atom is -0.480 e. The molecule has 0 aliphatic rings. The summed E-state index contributed by atoms with van der Waals surface area (Å²) in [5.74, 6) is -0.397. The largest absolute Gasteiger partial charge is 0.480 e. The summed E-state index contributed by atoms with van der Waals surface area (Å²) in [6.45, 7) is 8.83. The average Bonchev–Trinajstić information content (AvgIpc) is 2.28. The Bertz CT molecular complexity index is 413. The van der Waals surface area contributed by atoms with Crippen molar-refractivity contribution in [3.05, 3.63) is 34.9 Å². The van der Waals surface area contributed by atoms with Crippen molar-refractivity contribution in [2.45, 2.75) is 46.7 Å². The SMILES string of the molecule is Cc1cccc(CN[C@H](CC(C)C)C(=O)O)c1C. The third-order valence-corrected chi connectivity index (χ3v) is 3.26. The van der Waals surface area contributed by atoms with Crippen LogP contribution in [0.4, 0.5) is 0 Å². The molecule has 2 N–H and O–H groups in total. The van der Waals surface area contributed by atoms with Crippen LogP contribution in [0, 0.1) is 19.8 Å². The van der Waals surface area contributed by atoms with Gasteiger partial charge in [-0.15, -0.1) is 0 Å². The van der Waals surface area contributed by atoms with Crippen LogP contribution in [-0.2, 0) is 11.3 Å². The Hall–Kier alpha value is -1.35. The van der Waals surface area contributed by atoms with Gasteiger partial charge in [-0.1, -0.05) is 32.0 Å². The van der Waals surface area contributed by atoms with Crippen molar-refractivity contribution < 1.29 is 9.90 Å². The minimum absolute atomic E-state index is 0.372. The molecule has 0 fully saturated rings. The summed E-state index contributed by atoms with van der Waals surface area (Å²) >= 11 is 0. The van der Waals surface area contributed by atoms with Gasteiger partial charge in [-0.25, -0.2) is 0 Å². The summed E-state index contributed by atoms with van der Waals surface area (Å²) in [6.07, 6.45) is 0.653. The molecule has 18 heavy (non-hydrogen) atoms. The fraction of sp³-hybridized carbons (Fsp3) is 0.533. The van der Waals surface area contributed by atoms with Crippen molar-refractivity contribution >= 4 is 5.97 Å². The molecule has 0 unspecified atom stereocenters. The highest BCUT2D eigenvalue weighted by Crippen LogP contribution is 2.13. The number of carboxylic acids is 1. The summed E-state index contributed by atoms with van der Waals surface area (Å²) in [6, 6.07) is 5.66.